The van der Waals surface area contributed by atoms with Crippen LogP contribution >= 0.6 is 0 Å². The zero-order chi connectivity index (χ0) is 15.0. The fraction of sp³-hybridized carbons (Fsp3) is 0.688. The average molecular weight is 267 g/mol. The van der Waals surface area contributed by atoms with Crippen LogP contribution < -0.4 is 5.73 Å². The molecule has 19 heavy (non-hydrogen) atoms. The van der Waals surface area contributed by atoms with Gasteiger partial charge in [-0.15, -0.1) is 0 Å². The van der Waals surface area contributed by atoms with Crippen LogP contribution in [0.25, 0.3) is 0 Å². The van der Waals surface area contributed by atoms with Crippen molar-refractivity contribution in [3.05, 3.63) is 23.8 Å². The van der Waals surface area contributed by atoms with Gasteiger partial charge in [0.1, 0.15) is 6.04 Å². The van der Waals surface area contributed by atoms with Crippen LogP contribution in [0, 0.1) is 11.8 Å². The summed E-state index contributed by atoms with van der Waals surface area (Å²) >= 11 is 0. The van der Waals surface area contributed by atoms with Crippen molar-refractivity contribution in [3.63, 3.8) is 0 Å². The third-order valence-corrected chi connectivity index (χ3v) is 3.38. The summed E-state index contributed by atoms with van der Waals surface area (Å²) in [6.45, 7) is 12.2. The van der Waals surface area contributed by atoms with Gasteiger partial charge in [0.2, 0.25) is 0 Å². The zero-order valence-corrected chi connectivity index (χ0v) is 12.8. The van der Waals surface area contributed by atoms with Gasteiger partial charge in [0.15, 0.2) is 0 Å². The van der Waals surface area contributed by atoms with E-state index >= 15 is 0 Å². The van der Waals surface area contributed by atoms with Crippen molar-refractivity contribution in [3.8, 4) is 0 Å². The van der Waals surface area contributed by atoms with Crippen LogP contribution in [0.3, 0.4) is 0 Å². The van der Waals surface area contributed by atoms with Gasteiger partial charge in [-0.25, -0.2) is 0 Å². The lowest BCUT2D eigenvalue weighted by Crippen LogP contribution is -2.31. The molecule has 0 aromatic rings. The van der Waals surface area contributed by atoms with E-state index in [0.717, 1.165) is 5.92 Å². The summed E-state index contributed by atoms with van der Waals surface area (Å²) in [5, 5.41) is 8.31. The minimum Gasteiger partial charge on any atom is -0.480 e. The molecule has 1 unspecified atom stereocenters. The Hall–Kier alpha value is -1.09. The molecule has 2 atom stereocenters. The number of rotatable bonds is 4. The Labute approximate surface area is 117 Å². The maximum absolute atomic E-state index is 10.1. The molecule has 0 saturated carbocycles. The van der Waals surface area contributed by atoms with Crippen molar-refractivity contribution < 1.29 is 9.90 Å². The Balaban J connectivity index is 0.000000344. The lowest BCUT2D eigenvalue weighted by molar-refractivity contribution is -0.138. The number of allylic oxidation sites excluding steroid dienone is 3. The summed E-state index contributed by atoms with van der Waals surface area (Å²) in [4.78, 5) is 10.1. The minimum atomic E-state index is -0.913. The third kappa shape index (κ3) is 8.60. The molecule has 0 spiro atoms. The van der Waals surface area contributed by atoms with Crippen molar-refractivity contribution >= 4 is 5.97 Å². The molecular formula is C16H29NO2. The molecule has 1 aliphatic rings. The minimum absolute atomic E-state index is 0.357. The maximum atomic E-state index is 10.1. The maximum Gasteiger partial charge on any atom is 0.320 e. The molecule has 0 heterocycles. The highest BCUT2D eigenvalue weighted by Gasteiger charge is 2.12. The molecule has 1 aliphatic carbocycles. The van der Waals surface area contributed by atoms with Crippen LogP contribution in [0.1, 0.15) is 53.4 Å². The fourth-order valence-corrected chi connectivity index (χ4v) is 2.02. The van der Waals surface area contributed by atoms with Gasteiger partial charge < -0.3 is 10.8 Å². The second kappa shape index (κ2) is 8.92. The second-order valence-electron chi connectivity index (χ2n) is 5.94. The first-order valence-electron chi connectivity index (χ1n) is 7.03. The summed E-state index contributed by atoms with van der Waals surface area (Å²) in [6, 6.07) is -0.690. The average Bonchev–Trinajstić information content (AvgIpc) is 2.29. The largest absolute Gasteiger partial charge is 0.480 e. The molecule has 0 saturated heterocycles. The van der Waals surface area contributed by atoms with E-state index in [-0.39, 0.29) is 0 Å². The molecule has 3 heteroatoms. The number of hydrogen-bond acceptors (Lipinski definition) is 2. The lowest BCUT2D eigenvalue weighted by atomic mass is 9.86. The van der Waals surface area contributed by atoms with Crippen molar-refractivity contribution in [2.24, 2.45) is 17.6 Å². The molecule has 0 bridgehead atoms. The molecule has 0 radical (unpaired) electrons. The van der Waals surface area contributed by atoms with Gasteiger partial charge in [0.05, 0.1) is 0 Å². The van der Waals surface area contributed by atoms with Gasteiger partial charge >= 0.3 is 5.97 Å². The van der Waals surface area contributed by atoms with Crippen molar-refractivity contribution in [1.29, 1.82) is 0 Å². The van der Waals surface area contributed by atoms with E-state index in [1.807, 2.05) is 13.8 Å². The molecule has 0 amide bonds. The van der Waals surface area contributed by atoms with Crippen LogP contribution in [0.15, 0.2) is 23.8 Å². The quantitative estimate of drug-likeness (QED) is 0.762. The van der Waals surface area contributed by atoms with Gasteiger partial charge in [-0.3, -0.25) is 4.79 Å². The van der Waals surface area contributed by atoms with Gasteiger partial charge in [-0.2, -0.15) is 0 Å². The highest BCUT2D eigenvalue weighted by molar-refractivity contribution is 5.72. The van der Waals surface area contributed by atoms with Crippen LogP contribution in [-0.2, 0) is 4.79 Å². The van der Waals surface area contributed by atoms with E-state index in [1.54, 1.807) is 5.57 Å². The highest BCUT2D eigenvalue weighted by atomic mass is 16.4. The third-order valence-electron chi connectivity index (χ3n) is 3.38. The van der Waals surface area contributed by atoms with Gasteiger partial charge in [-0.05, 0) is 51.4 Å². The fourth-order valence-electron chi connectivity index (χ4n) is 2.02. The topological polar surface area (TPSA) is 63.3 Å². The Bertz CT molecular complexity index is 332. The van der Waals surface area contributed by atoms with Crippen LogP contribution in [0.2, 0.25) is 0 Å². The van der Waals surface area contributed by atoms with Crippen molar-refractivity contribution in [2.75, 3.05) is 0 Å². The van der Waals surface area contributed by atoms with E-state index in [9.17, 15) is 4.79 Å². The molecule has 110 valence electrons. The van der Waals surface area contributed by atoms with Gasteiger partial charge in [0.25, 0.3) is 0 Å². The SMILES string of the molecule is C=C(C)C1CC=C(C)CC1.CC(C)C[C@H](N)C(=O)O. The second-order valence-corrected chi connectivity index (χ2v) is 5.94. The molecule has 3 nitrogen and oxygen atoms in total. The van der Waals surface area contributed by atoms with E-state index in [2.05, 4.69) is 26.5 Å². The van der Waals surface area contributed by atoms with E-state index in [0.29, 0.717) is 12.3 Å². The molecule has 0 aromatic heterocycles. The first-order valence-corrected chi connectivity index (χ1v) is 7.03. The number of nitrogens with two attached hydrogens (primary N) is 1. The summed E-state index contributed by atoms with van der Waals surface area (Å²) in [6.07, 6.45) is 6.72. The molecule has 1 rings (SSSR count). The van der Waals surface area contributed by atoms with Gasteiger partial charge in [-0.1, -0.05) is 37.6 Å². The first-order chi connectivity index (χ1) is 8.73. The summed E-state index contributed by atoms with van der Waals surface area (Å²) < 4.78 is 0. The zero-order valence-electron chi connectivity index (χ0n) is 12.8. The molecule has 0 aromatic carbocycles. The molecule has 0 fully saturated rings. The van der Waals surface area contributed by atoms with Gasteiger partial charge in [0, 0.05) is 0 Å². The highest BCUT2D eigenvalue weighted by Crippen LogP contribution is 2.27. The van der Waals surface area contributed by atoms with Crippen molar-refractivity contribution in [2.45, 2.75) is 59.4 Å². The number of carboxylic acids is 1. The van der Waals surface area contributed by atoms with Crippen LogP contribution in [0.4, 0.5) is 0 Å². The van der Waals surface area contributed by atoms with Crippen LogP contribution in [-0.4, -0.2) is 17.1 Å². The number of carboxylic acid groups (broad SMARTS) is 1. The molecule has 0 aliphatic heterocycles. The predicted octanol–water partition coefficient (Wildman–Crippen LogP) is 3.75. The number of hydrogen-bond donors (Lipinski definition) is 2. The Morgan fingerprint density at radius 3 is 2.42 bits per heavy atom. The summed E-state index contributed by atoms with van der Waals surface area (Å²) in [5.74, 6) is 0.212. The van der Waals surface area contributed by atoms with Crippen LogP contribution in [0.5, 0.6) is 0 Å². The number of carbonyl (C=O) groups is 1. The normalized spacial score (nSPS) is 20.1. The Morgan fingerprint density at radius 2 is 2.16 bits per heavy atom. The van der Waals surface area contributed by atoms with E-state index < -0.39 is 12.0 Å². The van der Waals surface area contributed by atoms with Crippen molar-refractivity contribution in [1.82, 2.24) is 0 Å². The standard InChI is InChI=1S/C10H16.C6H13NO2/c1-8(2)10-6-4-9(3)5-7-10;1-4(2)3-5(7)6(8)9/h4,10H,1,5-7H2,2-3H3;4-5H,3,7H2,1-2H3,(H,8,9)/t;5-/m.0/s1. The summed E-state index contributed by atoms with van der Waals surface area (Å²) in [5.41, 5.74) is 8.12. The first kappa shape index (κ1) is 17.9. The smallest absolute Gasteiger partial charge is 0.320 e. The number of aliphatic carboxylic acids is 1. The molecule has 3 N–H and O–H groups in total. The lowest BCUT2D eigenvalue weighted by Gasteiger charge is -2.19. The van der Waals surface area contributed by atoms with E-state index in [4.69, 9.17) is 10.8 Å². The molecular weight excluding hydrogens is 238 g/mol. The van der Waals surface area contributed by atoms with E-state index in [1.165, 1.54) is 24.8 Å². The Morgan fingerprint density at radius 1 is 1.58 bits per heavy atom. The summed E-state index contributed by atoms with van der Waals surface area (Å²) in [7, 11) is 0. The monoisotopic (exact) mass is 267 g/mol. The Kier molecular flexibility index (Phi) is 8.41. The predicted molar refractivity (Wildman–Crippen MR) is 81.0 cm³/mol.